The number of para-hydroxylation sites is 2. The van der Waals surface area contributed by atoms with E-state index in [1.54, 1.807) is 13.3 Å². The lowest BCUT2D eigenvalue weighted by Gasteiger charge is -2.20. The molecule has 0 aliphatic carbocycles. The van der Waals surface area contributed by atoms with E-state index in [1.165, 1.54) is 0 Å². The van der Waals surface area contributed by atoms with E-state index in [0.717, 1.165) is 27.9 Å². The fraction of sp³-hybridized carbons (Fsp3) is 0.250. The number of alkyl halides is 1. The number of pyridine rings is 1. The molecule has 2 aromatic carbocycles. The second-order valence-corrected chi connectivity index (χ2v) is 5.81. The van der Waals surface area contributed by atoms with Crippen molar-refractivity contribution < 1.29 is 9.13 Å². The van der Waals surface area contributed by atoms with Gasteiger partial charge in [-0.25, -0.2) is 4.39 Å². The van der Waals surface area contributed by atoms with Crippen LogP contribution in [0.5, 0.6) is 5.75 Å². The number of aromatic nitrogens is 1. The van der Waals surface area contributed by atoms with Crippen LogP contribution in [0.1, 0.15) is 18.4 Å². The van der Waals surface area contributed by atoms with E-state index in [1.807, 2.05) is 61.5 Å². The fourth-order valence-electron chi connectivity index (χ4n) is 2.87. The summed E-state index contributed by atoms with van der Waals surface area (Å²) in [5, 5.41) is 4.23. The zero-order valence-corrected chi connectivity index (χ0v) is 13.9. The number of hydrogen-bond acceptors (Lipinski definition) is 3. The molecule has 4 heteroatoms. The van der Waals surface area contributed by atoms with Crippen LogP contribution in [0.15, 0.2) is 60.8 Å². The van der Waals surface area contributed by atoms with Gasteiger partial charge in [-0.1, -0.05) is 43.3 Å². The lowest BCUT2D eigenvalue weighted by Crippen LogP contribution is -2.21. The molecule has 1 heterocycles. The van der Waals surface area contributed by atoms with Gasteiger partial charge in [-0.2, -0.15) is 0 Å². The summed E-state index contributed by atoms with van der Waals surface area (Å²) in [7, 11) is 1.61. The fourth-order valence-corrected chi connectivity index (χ4v) is 2.87. The second kappa shape index (κ2) is 7.30. The van der Waals surface area contributed by atoms with E-state index in [4.69, 9.17) is 4.74 Å². The number of ether oxygens (including phenoxy) is 1. The average molecular weight is 324 g/mol. The van der Waals surface area contributed by atoms with Crippen molar-refractivity contribution in [2.45, 2.75) is 19.0 Å². The topological polar surface area (TPSA) is 34.1 Å². The molecule has 0 saturated heterocycles. The summed E-state index contributed by atoms with van der Waals surface area (Å²) in [5.74, 6) is 0.455. The van der Waals surface area contributed by atoms with E-state index in [-0.39, 0.29) is 12.5 Å². The normalized spacial score (nSPS) is 13.5. The van der Waals surface area contributed by atoms with E-state index < -0.39 is 6.17 Å². The molecule has 24 heavy (non-hydrogen) atoms. The molecule has 0 fully saturated rings. The van der Waals surface area contributed by atoms with Crippen molar-refractivity contribution in [2.24, 2.45) is 0 Å². The van der Waals surface area contributed by atoms with Crippen LogP contribution in [-0.2, 0) is 0 Å². The molecule has 124 valence electrons. The Bertz CT molecular complexity index is 816. The Kier molecular flexibility index (Phi) is 4.94. The number of rotatable bonds is 6. The van der Waals surface area contributed by atoms with Gasteiger partial charge >= 0.3 is 0 Å². The van der Waals surface area contributed by atoms with Gasteiger partial charge in [0, 0.05) is 24.0 Å². The van der Waals surface area contributed by atoms with Crippen LogP contribution < -0.4 is 10.1 Å². The molecule has 1 N–H and O–H groups in total. The molecule has 0 bridgehead atoms. The van der Waals surface area contributed by atoms with E-state index >= 15 is 0 Å². The maximum absolute atomic E-state index is 14.7. The monoisotopic (exact) mass is 324 g/mol. The summed E-state index contributed by atoms with van der Waals surface area (Å²) in [6.45, 7) is 2.10. The first kappa shape index (κ1) is 16.2. The maximum Gasteiger partial charge on any atom is 0.124 e. The van der Waals surface area contributed by atoms with Crippen molar-refractivity contribution in [1.29, 1.82) is 0 Å². The largest absolute Gasteiger partial charge is 0.496 e. The van der Waals surface area contributed by atoms with Gasteiger partial charge in [-0.3, -0.25) is 4.98 Å². The molecule has 2 atom stereocenters. The summed E-state index contributed by atoms with van der Waals surface area (Å²) < 4.78 is 20.1. The Hall–Kier alpha value is -2.62. The predicted octanol–water partition coefficient (Wildman–Crippen LogP) is 4.80. The van der Waals surface area contributed by atoms with Crippen LogP contribution in [0.25, 0.3) is 10.9 Å². The van der Waals surface area contributed by atoms with Gasteiger partial charge in [0.25, 0.3) is 0 Å². The second-order valence-electron chi connectivity index (χ2n) is 5.81. The molecule has 3 aromatic rings. The van der Waals surface area contributed by atoms with Gasteiger partial charge in [0.1, 0.15) is 11.9 Å². The predicted molar refractivity (Wildman–Crippen MR) is 96.5 cm³/mol. The van der Waals surface area contributed by atoms with Crippen molar-refractivity contribution in [3.8, 4) is 5.75 Å². The summed E-state index contributed by atoms with van der Waals surface area (Å²) in [6, 6.07) is 17.3. The molecular weight excluding hydrogens is 303 g/mol. The van der Waals surface area contributed by atoms with Crippen molar-refractivity contribution in [1.82, 2.24) is 4.98 Å². The number of fused-ring (bicyclic) bond motifs is 1. The average Bonchev–Trinajstić information content (AvgIpc) is 2.65. The number of nitrogens with one attached hydrogen (secondary N) is 1. The first-order chi connectivity index (χ1) is 11.7. The first-order valence-corrected chi connectivity index (χ1v) is 8.05. The molecule has 0 spiro atoms. The third-order valence-electron chi connectivity index (χ3n) is 4.29. The minimum absolute atomic E-state index is 0.217. The Morgan fingerprint density at radius 3 is 2.71 bits per heavy atom. The summed E-state index contributed by atoms with van der Waals surface area (Å²) >= 11 is 0. The molecule has 0 amide bonds. The number of hydrogen-bond donors (Lipinski definition) is 1. The summed E-state index contributed by atoms with van der Waals surface area (Å²) in [4.78, 5) is 4.38. The molecular formula is C20H21FN2O. The Morgan fingerprint density at radius 2 is 1.88 bits per heavy atom. The number of nitrogens with zero attached hydrogens (tertiary/aromatic N) is 1. The van der Waals surface area contributed by atoms with Crippen LogP contribution in [-0.4, -0.2) is 24.8 Å². The van der Waals surface area contributed by atoms with Crippen molar-refractivity contribution in [3.63, 3.8) is 0 Å². The zero-order chi connectivity index (χ0) is 16.9. The minimum Gasteiger partial charge on any atom is -0.496 e. The van der Waals surface area contributed by atoms with Crippen LogP contribution in [0.4, 0.5) is 10.1 Å². The van der Waals surface area contributed by atoms with Gasteiger partial charge in [-0.15, -0.1) is 0 Å². The number of halogens is 1. The molecule has 3 nitrogen and oxygen atoms in total. The van der Waals surface area contributed by atoms with Crippen LogP contribution in [0, 0.1) is 0 Å². The third kappa shape index (κ3) is 3.32. The number of methoxy groups -OCH3 is 1. The highest BCUT2D eigenvalue weighted by atomic mass is 19.1. The van der Waals surface area contributed by atoms with Gasteiger partial charge in [0.2, 0.25) is 0 Å². The number of benzene rings is 2. The molecule has 2 unspecified atom stereocenters. The quantitative estimate of drug-likeness (QED) is 0.707. The standard InChI is InChI=1S/C20H21FN2O/c1-14(16-9-3-4-11-19(16)24-2)17(21)13-23-18-10-5-7-15-8-6-12-22-20(15)18/h3-12,14,17,23H,13H2,1-2H3. The van der Waals surface area contributed by atoms with Crippen molar-refractivity contribution in [2.75, 3.05) is 19.0 Å². The molecule has 0 aliphatic rings. The molecule has 0 radical (unpaired) electrons. The molecule has 3 rings (SSSR count). The van der Waals surface area contributed by atoms with Crippen LogP contribution in [0.3, 0.4) is 0 Å². The van der Waals surface area contributed by atoms with E-state index in [9.17, 15) is 4.39 Å². The minimum atomic E-state index is -1.04. The Morgan fingerprint density at radius 1 is 1.08 bits per heavy atom. The first-order valence-electron chi connectivity index (χ1n) is 8.05. The third-order valence-corrected chi connectivity index (χ3v) is 4.29. The Balaban J connectivity index is 1.74. The van der Waals surface area contributed by atoms with Gasteiger partial charge in [0.15, 0.2) is 0 Å². The van der Waals surface area contributed by atoms with Crippen LogP contribution >= 0.6 is 0 Å². The van der Waals surface area contributed by atoms with Gasteiger partial charge in [-0.05, 0) is 23.8 Å². The SMILES string of the molecule is COc1ccccc1C(C)C(F)CNc1cccc2cccnc12. The number of anilines is 1. The van der Waals surface area contributed by atoms with E-state index in [0.29, 0.717) is 0 Å². The van der Waals surface area contributed by atoms with Crippen molar-refractivity contribution >= 4 is 16.6 Å². The molecule has 0 saturated carbocycles. The van der Waals surface area contributed by atoms with Crippen molar-refractivity contribution in [3.05, 3.63) is 66.4 Å². The smallest absolute Gasteiger partial charge is 0.124 e. The highest BCUT2D eigenvalue weighted by molar-refractivity contribution is 5.90. The van der Waals surface area contributed by atoms with Crippen LogP contribution in [0.2, 0.25) is 0 Å². The summed E-state index contributed by atoms with van der Waals surface area (Å²) in [6.07, 6.45) is 0.706. The molecule has 1 aromatic heterocycles. The van der Waals surface area contributed by atoms with E-state index in [2.05, 4.69) is 10.3 Å². The zero-order valence-electron chi connectivity index (χ0n) is 13.9. The van der Waals surface area contributed by atoms with Gasteiger partial charge < -0.3 is 10.1 Å². The van der Waals surface area contributed by atoms with Gasteiger partial charge in [0.05, 0.1) is 18.3 Å². The highest BCUT2D eigenvalue weighted by Crippen LogP contribution is 2.30. The lowest BCUT2D eigenvalue weighted by molar-refractivity contribution is 0.299. The summed E-state index contributed by atoms with van der Waals surface area (Å²) in [5.41, 5.74) is 2.59. The highest BCUT2D eigenvalue weighted by Gasteiger charge is 2.21. The maximum atomic E-state index is 14.7. The Labute approximate surface area is 141 Å². The molecule has 0 aliphatic heterocycles. The lowest BCUT2D eigenvalue weighted by atomic mass is 9.95.